The van der Waals surface area contributed by atoms with Gasteiger partial charge in [-0.15, -0.1) is 0 Å². The normalized spacial score (nSPS) is 15.4. The lowest BCUT2D eigenvalue weighted by molar-refractivity contribution is 0.145. The van der Waals surface area contributed by atoms with E-state index in [-0.39, 0.29) is 6.10 Å². The van der Waals surface area contributed by atoms with Gasteiger partial charge in [-0.3, -0.25) is 4.98 Å². The van der Waals surface area contributed by atoms with Crippen LogP contribution >= 0.6 is 0 Å². The SMILES string of the molecule is CN(Cc1cccc2cccnc12)c1cc(N2CCC(O)CC2)ncn1. The molecule has 1 saturated heterocycles. The molecule has 134 valence electrons. The summed E-state index contributed by atoms with van der Waals surface area (Å²) in [5.41, 5.74) is 2.20. The number of anilines is 2. The summed E-state index contributed by atoms with van der Waals surface area (Å²) in [4.78, 5) is 17.7. The highest BCUT2D eigenvalue weighted by Gasteiger charge is 2.19. The first-order valence-corrected chi connectivity index (χ1v) is 8.99. The molecule has 6 nitrogen and oxygen atoms in total. The van der Waals surface area contributed by atoms with Crippen molar-refractivity contribution in [3.05, 3.63) is 54.5 Å². The predicted octanol–water partition coefficient (Wildman–Crippen LogP) is 2.62. The maximum atomic E-state index is 9.69. The molecular formula is C20H23N5O. The van der Waals surface area contributed by atoms with Crippen molar-refractivity contribution in [3.8, 4) is 0 Å². The van der Waals surface area contributed by atoms with Crippen LogP contribution in [-0.2, 0) is 6.54 Å². The van der Waals surface area contributed by atoms with Crippen LogP contribution in [0.15, 0.2) is 48.9 Å². The Labute approximate surface area is 153 Å². The second-order valence-electron chi connectivity index (χ2n) is 6.80. The number of aliphatic hydroxyl groups is 1. The van der Waals surface area contributed by atoms with Gasteiger partial charge in [0.25, 0.3) is 0 Å². The average molecular weight is 349 g/mol. The van der Waals surface area contributed by atoms with Crippen LogP contribution in [0, 0.1) is 0 Å². The maximum absolute atomic E-state index is 9.69. The molecule has 1 aliphatic rings. The van der Waals surface area contributed by atoms with E-state index >= 15 is 0 Å². The quantitative estimate of drug-likeness (QED) is 0.781. The van der Waals surface area contributed by atoms with Gasteiger partial charge in [0.15, 0.2) is 0 Å². The van der Waals surface area contributed by atoms with Gasteiger partial charge in [-0.1, -0.05) is 24.3 Å². The molecule has 2 aromatic heterocycles. The van der Waals surface area contributed by atoms with Crippen molar-refractivity contribution in [1.82, 2.24) is 15.0 Å². The van der Waals surface area contributed by atoms with Crippen LogP contribution in [-0.4, -0.2) is 46.3 Å². The summed E-state index contributed by atoms with van der Waals surface area (Å²) in [6, 6.07) is 12.3. The molecular weight excluding hydrogens is 326 g/mol. The van der Waals surface area contributed by atoms with Crippen LogP contribution in [0.3, 0.4) is 0 Å². The highest BCUT2D eigenvalue weighted by atomic mass is 16.3. The van der Waals surface area contributed by atoms with E-state index < -0.39 is 0 Å². The van der Waals surface area contributed by atoms with E-state index in [1.54, 1.807) is 6.33 Å². The lowest BCUT2D eigenvalue weighted by Gasteiger charge is -2.31. The number of para-hydroxylation sites is 1. The summed E-state index contributed by atoms with van der Waals surface area (Å²) in [6.45, 7) is 2.38. The smallest absolute Gasteiger partial charge is 0.134 e. The van der Waals surface area contributed by atoms with Crippen LogP contribution in [0.25, 0.3) is 10.9 Å². The fourth-order valence-electron chi connectivity index (χ4n) is 3.45. The Kier molecular flexibility index (Phi) is 4.67. The van der Waals surface area contributed by atoms with Gasteiger partial charge in [0.05, 0.1) is 11.6 Å². The number of benzene rings is 1. The molecule has 3 heterocycles. The average Bonchev–Trinajstić information content (AvgIpc) is 2.69. The molecule has 0 bridgehead atoms. The van der Waals surface area contributed by atoms with E-state index in [1.165, 1.54) is 5.56 Å². The largest absolute Gasteiger partial charge is 0.393 e. The van der Waals surface area contributed by atoms with Gasteiger partial charge >= 0.3 is 0 Å². The molecule has 1 N–H and O–H groups in total. The Morgan fingerprint density at radius 1 is 1.12 bits per heavy atom. The van der Waals surface area contributed by atoms with Gasteiger partial charge in [0, 0.05) is 44.3 Å². The van der Waals surface area contributed by atoms with E-state index in [4.69, 9.17) is 0 Å². The van der Waals surface area contributed by atoms with Crippen LogP contribution in [0.4, 0.5) is 11.6 Å². The molecule has 1 aromatic carbocycles. The topological polar surface area (TPSA) is 65.4 Å². The van der Waals surface area contributed by atoms with Gasteiger partial charge in [0.2, 0.25) is 0 Å². The van der Waals surface area contributed by atoms with Gasteiger partial charge in [-0.05, 0) is 24.5 Å². The van der Waals surface area contributed by atoms with Crippen molar-refractivity contribution in [2.24, 2.45) is 0 Å². The standard InChI is InChI=1S/C20H23N5O/c1-24(13-16-5-2-4-15-6-3-9-21-20(15)16)18-12-19(23-14-22-18)25-10-7-17(26)8-11-25/h2-6,9,12,14,17,26H,7-8,10-11,13H2,1H3. The number of aliphatic hydroxyl groups excluding tert-OH is 1. The van der Waals surface area contributed by atoms with Gasteiger partial charge in [-0.25, -0.2) is 9.97 Å². The first-order valence-electron chi connectivity index (χ1n) is 8.99. The zero-order valence-electron chi connectivity index (χ0n) is 14.9. The molecule has 1 fully saturated rings. The number of hydrogen-bond donors (Lipinski definition) is 1. The van der Waals surface area contributed by atoms with Gasteiger partial charge in [-0.2, -0.15) is 0 Å². The molecule has 0 amide bonds. The minimum absolute atomic E-state index is 0.186. The zero-order valence-corrected chi connectivity index (χ0v) is 14.9. The highest BCUT2D eigenvalue weighted by Crippen LogP contribution is 2.23. The fraction of sp³-hybridized carbons (Fsp3) is 0.350. The minimum Gasteiger partial charge on any atom is -0.393 e. The maximum Gasteiger partial charge on any atom is 0.134 e. The minimum atomic E-state index is -0.186. The predicted molar refractivity (Wildman–Crippen MR) is 103 cm³/mol. The molecule has 0 radical (unpaired) electrons. The number of fused-ring (bicyclic) bond motifs is 1. The molecule has 1 aliphatic heterocycles. The number of piperidine rings is 1. The molecule has 0 unspecified atom stereocenters. The number of aromatic nitrogens is 3. The number of hydrogen-bond acceptors (Lipinski definition) is 6. The Morgan fingerprint density at radius 2 is 1.92 bits per heavy atom. The van der Waals surface area contributed by atoms with Crippen molar-refractivity contribution >= 4 is 22.5 Å². The third-order valence-corrected chi connectivity index (χ3v) is 4.94. The Balaban J connectivity index is 1.54. The molecule has 26 heavy (non-hydrogen) atoms. The highest BCUT2D eigenvalue weighted by molar-refractivity contribution is 5.81. The van der Waals surface area contributed by atoms with Gasteiger partial charge < -0.3 is 14.9 Å². The molecule has 6 heteroatoms. The Hall–Kier alpha value is -2.73. The first kappa shape index (κ1) is 16.7. The summed E-state index contributed by atoms with van der Waals surface area (Å²) >= 11 is 0. The Bertz CT molecular complexity index is 887. The second kappa shape index (κ2) is 7.25. The summed E-state index contributed by atoms with van der Waals surface area (Å²) < 4.78 is 0. The van der Waals surface area contributed by atoms with E-state index in [2.05, 4.69) is 49.0 Å². The summed E-state index contributed by atoms with van der Waals surface area (Å²) in [6.07, 6.45) is 4.84. The van der Waals surface area contributed by atoms with E-state index in [0.717, 1.165) is 55.0 Å². The van der Waals surface area contributed by atoms with E-state index in [0.29, 0.717) is 0 Å². The summed E-state index contributed by atoms with van der Waals surface area (Å²) in [7, 11) is 2.04. The molecule has 4 rings (SSSR count). The van der Waals surface area contributed by atoms with Crippen molar-refractivity contribution in [2.45, 2.75) is 25.5 Å². The van der Waals surface area contributed by atoms with Crippen molar-refractivity contribution in [3.63, 3.8) is 0 Å². The van der Waals surface area contributed by atoms with Crippen LogP contribution in [0.1, 0.15) is 18.4 Å². The van der Waals surface area contributed by atoms with Gasteiger partial charge in [0.1, 0.15) is 18.0 Å². The van der Waals surface area contributed by atoms with Crippen LogP contribution < -0.4 is 9.80 Å². The number of nitrogens with zero attached hydrogens (tertiary/aromatic N) is 5. The fourth-order valence-corrected chi connectivity index (χ4v) is 3.45. The molecule has 0 spiro atoms. The number of rotatable bonds is 4. The van der Waals surface area contributed by atoms with Crippen LogP contribution in [0.5, 0.6) is 0 Å². The van der Waals surface area contributed by atoms with Crippen molar-refractivity contribution < 1.29 is 5.11 Å². The third-order valence-electron chi connectivity index (χ3n) is 4.94. The zero-order chi connectivity index (χ0) is 17.9. The molecule has 3 aromatic rings. The van der Waals surface area contributed by atoms with E-state index in [9.17, 15) is 5.11 Å². The molecule has 0 atom stereocenters. The molecule has 0 aliphatic carbocycles. The van der Waals surface area contributed by atoms with Crippen molar-refractivity contribution in [1.29, 1.82) is 0 Å². The van der Waals surface area contributed by atoms with E-state index in [1.807, 2.05) is 25.4 Å². The lowest BCUT2D eigenvalue weighted by Crippen LogP contribution is -2.36. The summed E-state index contributed by atoms with van der Waals surface area (Å²) in [5, 5.41) is 10.8. The molecule has 0 saturated carbocycles. The first-order chi connectivity index (χ1) is 12.7. The Morgan fingerprint density at radius 3 is 2.77 bits per heavy atom. The second-order valence-corrected chi connectivity index (χ2v) is 6.80. The summed E-state index contributed by atoms with van der Waals surface area (Å²) in [5.74, 6) is 1.80. The number of pyridine rings is 1. The van der Waals surface area contributed by atoms with Crippen molar-refractivity contribution in [2.75, 3.05) is 29.9 Å². The monoisotopic (exact) mass is 349 g/mol. The van der Waals surface area contributed by atoms with Crippen LogP contribution in [0.2, 0.25) is 0 Å². The third kappa shape index (κ3) is 3.46. The lowest BCUT2D eigenvalue weighted by atomic mass is 10.1.